The molecule has 1 aromatic carbocycles. The van der Waals surface area contributed by atoms with E-state index in [2.05, 4.69) is 10.8 Å². The summed E-state index contributed by atoms with van der Waals surface area (Å²) in [4.78, 5) is 13.1. The van der Waals surface area contributed by atoms with Crippen LogP contribution in [-0.4, -0.2) is 36.2 Å². The number of rotatable bonds is 5. The minimum absolute atomic E-state index is 0.00595. The number of benzene rings is 1. The molecule has 0 spiro atoms. The van der Waals surface area contributed by atoms with Crippen molar-refractivity contribution in [2.75, 3.05) is 13.7 Å². The van der Waals surface area contributed by atoms with E-state index in [4.69, 9.17) is 0 Å². The molecule has 0 fully saturated rings. The number of hydrogen-bond donors (Lipinski definition) is 0. The van der Waals surface area contributed by atoms with Crippen LogP contribution < -0.4 is 0 Å². The van der Waals surface area contributed by atoms with E-state index in [0.29, 0.717) is 17.5 Å². The summed E-state index contributed by atoms with van der Waals surface area (Å²) in [5, 5.41) is 9.26. The zero-order valence-electron chi connectivity index (χ0n) is 18.7. The lowest BCUT2D eigenvalue weighted by Gasteiger charge is -2.45. The van der Waals surface area contributed by atoms with E-state index in [0.717, 1.165) is 11.6 Å². The van der Waals surface area contributed by atoms with Gasteiger partial charge in [0, 0.05) is 36.6 Å². The number of nitriles is 1. The summed E-state index contributed by atoms with van der Waals surface area (Å²) in [5.41, 5.74) is 0.276. The minimum atomic E-state index is -1.58. The van der Waals surface area contributed by atoms with Gasteiger partial charge in [-0.2, -0.15) is 5.26 Å². The Labute approximate surface area is 186 Å². The highest BCUT2D eigenvalue weighted by Gasteiger charge is 2.41. The standard InChI is InChI=1S/C25H27F3N2O2/c1-15-9-18-10-17(13-29)5-7-19(18)24(30(15)14-25(2,3)28)23-20(26)11-16(12-21(23)27)6-8-22(31)32-4/h5-8,10-11,15-16,24H,9,12,14H2,1-4H3/b8-6+. The average molecular weight is 444 g/mol. The van der Waals surface area contributed by atoms with Gasteiger partial charge in [0.25, 0.3) is 0 Å². The molecule has 1 aliphatic heterocycles. The smallest absolute Gasteiger partial charge is 0.330 e. The molecule has 2 aliphatic rings. The minimum Gasteiger partial charge on any atom is -0.466 e. The third kappa shape index (κ3) is 5.13. The summed E-state index contributed by atoms with van der Waals surface area (Å²) >= 11 is 0. The second-order valence-corrected chi connectivity index (χ2v) is 8.96. The van der Waals surface area contributed by atoms with Crippen LogP contribution in [0.15, 0.2) is 53.7 Å². The van der Waals surface area contributed by atoms with Crippen LogP contribution in [0.1, 0.15) is 49.9 Å². The largest absolute Gasteiger partial charge is 0.466 e. The van der Waals surface area contributed by atoms with Crippen LogP contribution in [-0.2, 0) is 16.0 Å². The van der Waals surface area contributed by atoms with Gasteiger partial charge in [-0.25, -0.2) is 18.0 Å². The fourth-order valence-electron chi connectivity index (χ4n) is 4.45. The van der Waals surface area contributed by atoms with E-state index >= 15 is 8.78 Å². The van der Waals surface area contributed by atoms with Crippen LogP contribution >= 0.6 is 0 Å². The Balaban J connectivity index is 2.07. The summed E-state index contributed by atoms with van der Waals surface area (Å²) in [5.74, 6) is -2.61. The van der Waals surface area contributed by atoms with Crippen molar-refractivity contribution in [1.29, 1.82) is 5.26 Å². The molecule has 4 nitrogen and oxygen atoms in total. The van der Waals surface area contributed by atoms with Gasteiger partial charge < -0.3 is 4.74 Å². The molecule has 0 bridgehead atoms. The van der Waals surface area contributed by atoms with Gasteiger partial charge in [-0.15, -0.1) is 0 Å². The Morgan fingerprint density at radius 1 is 1.34 bits per heavy atom. The van der Waals surface area contributed by atoms with E-state index in [9.17, 15) is 14.4 Å². The highest BCUT2D eigenvalue weighted by atomic mass is 19.1. The lowest BCUT2D eigenvalue weighted by Crippen LogP contribution is -2.48. The Bertz CT molecular complexity index is 1030. The molecule has 170 valence electrons. The number of fused-ring (bicyclic) bond motifs is 1. The van der Waals surface area contributed by atoms with Crippen molar-refractivity contribution in [2.45, 2.75) is 51.4 Å². The van der Waals surface area contributed by atoms with Gasteiger partial charge >= 0.3 is 5.97 Å². The Hall–Kier alpha value is -2.85. The lowest BCUT2D eigenvalue weighted by molar-refractivity contribution is -0.134. The van der Waals surface area contributed by atoms with Crippen molar-refractivity contribution in [3.8, 4) is 6.07 Å². The van der Waals surface area contributed by atoms with Crippen LogP contribution in [0.25, 0.3) is 0 Å². The number of halogens is 3. The molecule has 0 amide bonds. The predicted octanol–water partition coefficient (Wildman–Crippen LogP) is 5.42. The van der Waals surface area contributed by atoms with Gasteiger partial charge in [-0.3, -0.25) is 4.90 Å². The number of carbonyl (C=O) groups is 1. The molecule has 3 atom stereocenters. The molecule has 0 N–H and O–H groups in total. The molecular formula is C25H27F3N2O2. The highest BCUT2D eigenvalue weighted by Crippen LogP contribution is 2.46. The summed E-state index contributed by atoms with van der Waals surface area (Å²) in [6.45, 7) is 4.77. The van der Waals surface area contributed by atoms with Crippen LogP contribution in [0.5, 0.6) is 0 Å². The fourth-order valence-corrected chi connectivity index (χ4v) is 4.45. The third-order valence-corrected chi connectivity index (χ3v) is 5.82. The first-order valence-electron chi connectivity index (χ1n) is 10.5. The maximum atomic E-state index is 15.4. The van der Waals surface area contributed by atoms with Crippen molar-refractivity contribution >= 4 is 5.97 Å². The van der Waals surface area contributed by atoms with Crippen LogP contribution in [0.2, 0.25) is 0 Å². The van der Waals surface area contributed by atoms with Gasteiger partial charge in [0.2, 0.25) is 0 Å². The van der Waals surface area contributed by atoms with Crippen molar-refractivity contribution in [1.82, 2.24) is 4.90 Å². The van der Waals surface area contributed by atoms with E-state index < -0.39 is 35.3 Å². The molecule has 0 saturated carbocycles. The first kappa shape index (κ1) is 23.8. The van der Waals surface area contributed by atoms with Crippen molar-refractivity contribution in [2.24, 2.45) is 5.92 Å². The molecule has 3 rings (SSSR count). The number of carbonyl (C=O) groups excluding carboxylic acids is 1. The topological polar surface area (TPSA) is 53.3 Å². The number of methoxy groups -OCH3 is 1. The number of hydrogen-bond acceptors (Lipinski definition) is 4. The van der Waals surface area contributed by atoms with Crippen LogP contribution in [0.3, 0.4) is 0 Å². The molecule has 7 heteroatoms. The Kier molecular flexibility index (Phi) is 6.94. The van der Waals surface area contributed by atoms with Crippen molar-refractivity contribution in [3.63, 3.8) is 0 Å². The second kappa shape index (κ2) is 9.33. The molecule has 0 saturated heterocycles. The molecule has 1 aromatic rings. The molecule has 0 radical (unpaired) electrons. The van der Waals surface area contributed by atoms with Gasteiger partial charge in [0.05, 0.1) is 24.8 Å². The van der Waals surface area contributed by atoms with Crippen molar-refractivity contribution in [3.05, 3.63) is 70.3 Å². The van der Waals surface area contributed by atoms with E-state index in [1.807, 2.05) is 6.92 Å². The number of alkyl halides is 1. The fraction of sp³-hybridized carbons (Fsp3) is 0.440. The molecule has 1 heterocycles. The van der Waals surface area contributed by atoms with Crippen LogP contribution in [0, 0.1) is 17.2 Å². The first-order valence-corrected chi connectivity index (χ1v) is 10.5. The summed E-state index contributed by atoms with van der Waals surface area (Å²) in [7, 11) is 1.23. The Morgan fingerprint density at radius 3 is 2.66 bits per heavy atom. The molecule has 1 aliphatic carbocycles. The SMILES string of the molecule is COC(=O)/C=C/C1C=C(F)C(C2c3ccc(C#N)cc3CC(C)N2CC(C)(C)F)=C(F)C1. The molecule has 3 unspecified atom stereocenters. The van der Waals surface area contributed by atoms with Crippen molar-refractivity contribution < 1.29 is 22.7 Å². The summed E-state index contributed by atoms with van der Waals surface area (Å²) < 4.78 is 50.0. The second-order valence-electron chi connectivity index (χ2n) is 8.96. The van der Waals surface area contributed by atoms with Gasteiger partial charge in [0.1, 0.15) is 17.3 Å². The lowest BCUT2D eigenvalue weighted by atomic mass is 9.80. The third-order valence-electron chi connectivity index (χ3n) is 5.82. The van der Waals surface area contributed by atoms with E-state index in [1.165, 1.54) is 33.1 Å². The predicted molar refractivity (Wildman–Crippen MR) is 116 cm³/mol. The average Bonchev–Trinajstić information content (AvgIpc) is 2.72. The zero-order chi connectivity index (χ0) is 23.6. The number of nitrogens with zero attached hydrogens (tertiary/aromatic N) is 2. The zero-order valence-corrected chi connectivity index (χ0v) is 18.7. The molecule has 0 aromatic heterocycles. The normalized spacial score (nSPS) is 24.2. The van der Waals surface area contributed by atoms with Gasteiger partial charge in [0.15, 0.2) is 0 Å². The maximum absolute atomic E-state index is 15.4. The number of allylic oxidation sites excluding steroid dienone is 3. The van der Waals surface area contributed by atoms with Crippen LogP contribution in [0.4, 0.5) is 13.2 Å². The maximum Gasteiger partial charge on any atom is 0.330 e. The Morgan fingerprint density at radius 2 is 2.06 bits per heavy atom. The summed E-state index contributed by atoms with van der Waals surface area (Å²) in [6, 6.07) is 6.14. The summed E-state index contributed by atoms with van der Waals surface area (Å²) in [6.07, 6.45) is 4.26. The number of ether oxygens (including phenoxy) is 1. The molecule has 32 heavy (non-hydrogen) atoms. The quantitative estimate of drug-likeness (QED) is 0.450. The van der Waals surface area contributed by atoms with Gasteiger partial charge in [-0.1, -0.05) is 12.1 Å². The highest BCUT2D eigenvalue weighted by molar-refractivity contribution is 5.81. The van der Waals surface area contributed by atoms with E-state index in [1.54, 1.807) is 23.1 Å². The van der Waals surface area contributed by atoms with E-state index in [-0.39, 0.29) is 24.6 Å². The first-order chi connectivity index (χ1) is 15.0. The molecular weight excluding hydrogens is 417 g/mol. The number of esters is 1. The monoisotopic (exact) mass is 444 g/mol. The van der Waals surface area contributed by atoms with Gasteiger partial charge in [-0.05, 0) is 56.5 Å².